The van der Waals surface area contributed by atoms with Crippen molar-refractivity contribution in [2.45, 2.75) is 39.0 Å². The first-order valence-corrected chi connectivity index (χ1v) is 7.52. The second-order valence-electron chi connectivity index (χ2n) is 5.45. The first-order chi connectivity index (χ1) is 8.46. The second kappa shape index (κ2) is 6.93. The summed E-state index contributed by atoms with van der Waals surface area (Å²) < 4.78 is 0. The van der Waals surface area contributed by atoms with Crippen molar-refractivity contribution in [3.63, 3.8) is 0 Å². The molecule has 0 fully saturated rings. The normalized spacial score (nSPS) is 11.3. The minimum atomic E-state index is -0.0101. The summed E-state index contributed by atoms with van der Waals surface area (Å²) in [6.07, 6.45) is 2.09. The van der Waals surface area contributed by atoms with E-state index < -0.39 is 0 Å². The predicted molar refractivity (Wildman–Crippen MR) is 80.5 cm³/mol. The molecule has 3 heteroatoms. The third kappa shape index (κ3) is 4.45. The molecule has 0 aliphatic carbocycles. The van der Waals surface area contributed by atoms with Crippen LogP contribution in [0.1, 0.15) is 49.5 Å². The highest BCUT2D eigenvalue weighted by Crippen LogP contribution is 2.25. The molecule has 1 amide bonds. The Morgan fingerprint density at radius 3 is 2.50 bits per heavy atom. The smallest absolute Gasteiger partial charge is 0.251 e. The Morgan fingerprint density at radius 1 is 1.22 bits per heavy atom. The maximum absolute atomic E-state index is 12.2. The van der Waals surface area contributed by atoms with Gasteiger partial charge in [-0.25, -0.2) is 0 Å². The van der Waals surface area contributed by atoms with Gasteiger partial charge in [-0.05, 0) is 29.9 Å². The zero-order chi connectivity index (χ0) is 13.6. The average molecular weight is 312 g/mol. The van der Waals surface area contributed by atoms with E-state index in [1.807, 2.05) is 24.3 Å². The van der Waals surface area contributed by atoms with E-state index in [1.165, 1.54) is 0 Å². The number of hydrogen-bond acceptors (Lipinski definition) is 1. The fourth-order valence-corrected chi connectivity index (χ4v) is 2.25. The van der Waals surface area contributed by atoms with Crippen molar-refractivity contribution >= 4 is 21.8 Å². The predicted octanol–water partition coefficient (Wildman–Crippen LogP) is 3.89. The minimum Gasteiger partial charge on any atom is -0.352 e. The molecule has 18 heavy (non-hydrogen) atoms. The van der Waals surface area contributed by atoms with E-state index in [9.17, 15) is 4.79 Å². The molecule has 1 rings (SSSR count). The number of halogens is 1. The number of amides is 1. The molecule has 0 aliphatic heterocycles. The van der Waals surface area contributed by atoms with Gasteiger partial charge in [0.05, 0.1) is 0 Å². The molecule has 0 saturated carbocycles. The zero-order valence-electron chi connectivity index (χ0n) is 11.4. The Morgan fingerprint density at radius 2 is 1.89 bits per heavy atom. The molecule has 0 saturated heterocycles. The summed E-state index contributed by atoms with van der Waals surface area (Å²) in [6, 6.07) is 7.85. The fraction of sp³-hybridized carbons (Fsp3) is 0.533. The standard InChI is InChI=1S/C15H22BrNO/c1-15(2,3)13-9-5-4-8-12(13)14(18)17-11-7-6-10-16/h4-5,8-9H,6-7,10-11H2,1-3H3,(H,17,18). The number of unbranched alkanes of at least 4 members (excludes halogenated alkanes) is 1. The molecular weight excluding hydrogens is 290 g/mol. The highest BCUT2D eigenvalue weighted by Gasteiger charge is 2.20. The molecular formula is C15H22BrNO. The Kier molecular flexibility index (Phi) is 5.86. The van der Waals surface area contributed by atoms with E-state index in [0.29, 0.717) is 0 Å². The summed E-state index contributed by atoms with van der Waals surface area (Å²) in [5, 5.41) is 3.97. The second-order valence-corrected chi connectivity index (χ2v) is 6.24. The van der Waals surface area contributed by atoms with Crippen molar-refractivity contribution in [3.05, 3.63) is 35.4 Å². The molecule has 0 unspecified atom stereocenters. The number of hydrogen-bond donors (Lipinski definition) is 1. The highest BCUT2D eigenvalue weighted by atomic mass is 79.9. The average Bonchev–Trinajstić information content (AvgIpc) is 2.33. The lowest BCUT2D eigenvalue weighted by Crippen LogP contribution is -2.28. The number of alkyl halides is 1. The van der Waals surface area contributed by atoms with Gasteiger partial charge in [0.2, 0.25) is 0 Å². The monoisotopic (exact) mass is 311 g/mol. The zero-order valence-corrected chi connectivity index (χ0v) is 13.0. The molecule has 1 N–H and O–H groups in total. The van der Waals surface area contributed by atoms with Crippen LogP contribution in [-0.2, 0) is 5.41 Å². The van der Waals surface area contributed by atoms with Crippen LogP contribution in [0.5, 0.6) is 0 Å². The van der Waals surface area contributed by atoms with E-state index in [0.717, 1.165) is 35.8 Å². The van der Waals surface area contributed by atoms with Gasteiger partial charge in [0.1, 0.15) is 0 Å². The Balaban J connectivity index is 2.74. The first kappa shape index (κ1) is 15.2. The Hall–Kier alpha value is -0.830. The summed E-state index contributed by atoms with van der Waals surface area (Å²) in [7, 11) is 0. The highest BCUT2D eigenvalue weighted by molar-refractivity contribution is 9.09. The van der Waals surface area contributed by atoms with E-state index in [2.05, 4.69) is 42.0 Å². The Labute approximate surface area is 118 Å². The van der Waals surface area contributed by atoms with Crippen LogP contribution < -0.4 is 5.32 Å². The lowest BCUT2D eigenvalue weighted by Gasteiger charge is -2.22. The summed E-state index contributed by atoms with van der Waals surface area (Å²) in [6.45, 7) is 7.13. The van der Waals surface area contributed by atoms with Crippen molar-refractivity contribution in [2.75, 3.05) is 11.9 Å². The number of carbonyl (C=O) groups is 1. The summed E-state index contributed by atoms with van der Waals surface area (Å²) in [5.74, 6) is 0.0371. The molecule has 1 aromatic rings. The molecule has 0 heterocycles. The van der Waals surface area contributed by atoms with Crippen LogP contribution in [0.15, 0.2) is 24.3 Å². The van der Waals surface area contributed by atoms with Gasteiger partial charge < -0.3 is 5.32 Å². The van der Waals surface area contributed by atoms with E-state index in [4.69, 9.17) is 0 Å². The van der Waals surface area contributed by atoms with E-state index >= 15 is 0 Å². The van der Waals surface area contributed by atoms with E-state index in [1.54, 1.807) is 0 Å². The van der Waals surface area contributed by atoms with Crippen molar-refractivity contribution in [3.8, 4) is 0 Å². The maximum Gasteiger partial charge on any atom is 0.251 e. The number of nitrogens with one attached hydrogen (secondary N) is 1. The van der Waals surface area contributed by atoms with Crippen molar-refractivity contribution < 1.29 is 4.79 Å². The summed E-state index contributed by atoms with van der Waals surface area (Å²) >= 11 is 3.39. The quantitative estimate of drug-likeness (QED) is 0.648. The van der Waals surface area contributed by atoms with Crippen LogP contribution in [-0.4, -0.2) is 17.8 Å². The molecule has 0 aromatic heterocycles. The topological polar surface area (TPSA) is 29.1 Å². The molecule has 1 aromatic carbocycles. The molecule has 0 bridgehead atoms. The van der Waals surface area contributed by atoms with Crippen LogP contribution in [0.25, 0.3) is 0 Å². The van der Waals surface area contributed by atoms with Crippen molar-refractivity contribution in [1.82, 2.24) is 5.32 Å². The van der Waals surface area contributed by atoms with Crippen LogP contribution in [0.4, 0.5) is 0 Å². The number of benzene rings is 1. The van der Waals surface area contributed by atoms with Gasteiger partial charge in [-0.15, -0.1) is 0 Å². The van der Waals surface area contributed by atoms with Crippen LogP contribution >= 0.6 is 15.9 Å². The maximum atomic E-state index is 12.2. The van der Waals surface area contributed by atoms with Gasteiger partial charge in [-0.1, -0.05) is 54.9 Å². The van der Waals surface area contributed by atoms with Gasteiger partial charge in [-0.3, -0.25) is 4.79 Å². The fourth-order valence-electron chi connectivity index (χ4n) is 1.85. The number of carbonyl (C=O) groups excluding carboxylic acids is 1. The van der Waals surface area contributed by atoms with Crippen LogP contribution in [0, 0.1) is 0 Å². The lowest BCUT2D eigenvalue weighted by molar-refractivity contribution is 0.0951. The van der Waals surface area contributed by atoms with Crippen molar-refractivity contribution in [2.24, 2.45) is 0 Å². The van der Waals surface area contributed by atoms with Gasteiger partial charge in [0, 0.05) is 17.4 Å². The molecule has 0 aliphatic rings. The molecule has 0 radical (unpaired) electrons. The third-order valence-electron chi connectivity index (χ3n) is 2.83. The Bertz CT molecular complexity index is 396. The van der Waals surface area contributed by atoms with Gasteiger partial charge >= 0.3 is 0 Å². The molecule has 2 nitrogen and oxygen atoms in total. The minimum absolute atomic E-state index is 0.0101. The van der Waals surface area contributed by atoms with Crippen LogP contribution in [0.2, 0.25) is 0 Å². The SMILES string of the molecule is CC(C)(C)c1ccccc1C(=O)NCCCCBr. The van der Waals surface area contributed by atoms with E-state index in [-0.39, 0.29) is 11.3 Å². The summed E-state index contributed by atoms with van der Waals surface area (Å²) in [4.78, 5) is 12.2. The van der Waals surface area contributed by atoms with Crippen LogP contribution in [0.3, 0.4) is 0 Å². The largest absolute Gasteiger partial charge is 0.352 e. The summed E-state index contributed by atoms with van der Waals surface area (Å²) in [5.41, 5.74) is 1.89. The van der Waals surface area contributed by atoms with Gasteiger partial charge in [0.15, 0.2) is 0 Å². The molecule has 0 spiro atoms. The number of rotatable bonds is 5. The van der Waals surface area contributed by atoms with Gasteiger partial charge in [0.25, 0.3) is 5.91 Å². The van der Waals surface area contributed by atoms with Gasteiger partial charge in [-0.2, -0.15) is 0 Å². The third-order valence-corrected chi connectivity index (χ3v) is 3.39. The van der Waals surface area contributed by atoms with Crippen molar-refractivity contribution in [1.29, 1.82) is 0 Å². The lowest BCUT2D eigenvalue weighted by atomic mass is 9.83. The molecule has 100 valence electrons. The first-order valence-electron chi connectivity index (χ1n) is 6.40. The molecule has 0 atom stereocenters.